The van der Waals surface area contributed by atoms with Gasteiger partial charge < -0.3 is 43.2 Å². The van der Waals surface area contributed by atoms with Gasteiger partial charge >= 0.3 is 35.2 Å². The van der Waals surface area contributed by atoms with Crippen molar-refractivity contribution in [1.82, 2.24) is 14.9 Å². The second-order valence-corrected chi connectivity index (χ2v) is 10.4. The largest absolute Gasteiger partial charge is 2.00 e. The number of carbonyl (C=O) groups is 4. The Balaban J connectivity index is 0.000000805. The van der Waals surface area contributed by atoms with Crippen molar-refractivity contribution in [3.05, 3.63) is 78.7 Å². The van der Waals surface area contributed by atoms with Crippen LogP contribution in [0.15, 0.2) is 60.7 Å². The van der Waals surface area contributed by atoms with E-state index in [4.69, 9.17) is 14.3 Å². The van der Waals surface area contributed by atoms with Crippen molar-refractivity contribution < 1.29 is 50.5 Å². The van der Waals surface area contributed by atoms with Crippen LogP contribution < -0.4 is 17.0 Å². The number of piperidine rings is 2. The Morgan fingerprint density at radius 3 is 1.46 bits per heavy atom. The van der Waals surface area contributed by atoms with Crippen molar-refractivity contribution in [3.8, 4) is 0 Å². The van der Waals surface area contributed by atoms with Crippen LogP contribution in [0.4, 0.5) is 9.59 Å². The Kier molecular flexibility index (Phi) is 23.1. The van der Waals surface area contributed by atoms with E-state index >= 15 is 0 Å². The third kappa shape index (κ3) is 14.8. The average Bonchev–Trinajstić information content (AvgIpc) is 3.10. The van der Waals surface area contributed by atoms with E-state index < -0.39 is 0 Å². The maximum Gasteiger partial charge on any atom is 2.00 e. The maximum atomic E-state index is 12.0. The van der Waals surface area contributed by atoms with Gasteiger partial charge in [0.1, 0.15) is 19.0 Å². The molecule has 2 aromatic carbocycles. The van der Waals surface area contributed by atoms with Crippen LogP contribution in [0.25, 0.3) is 0 Å². The SMILES string of the molecule is CCC(=O)C1CCN(C(=O)OCc2ccccc2)CC1.CON(C)C(=O)C1CCN(C(=O)OCc2ccccc2)CC1.[Br-].[CH2-]C.[Mg+2]. The molecular weight excluding hydrogens is 667 g/mol. The van der Waals surface area contributed by atoms with Crippen LogP contribution in [-0.2, 0) is 37.1 Å². The van der Waals surface area contributed by atoms with Gasteiger partial charge in [0.25, 0.3) is 0 Å². The van der Waals surface area contributed by atoms with Crippen LogP contribution in [-0.4, -0.2) is 102 Å². The van der Waals surface area contributed by atoms with E-state index in [0.717, 1.165) is 24.0 Å². The van der Waals surface area contributed by atoms with Gasteiger partial charge in [0.15, 0.2) is 0 Å². The van der Waals surface area contributed by atoms with E-state index in [1.807, 2.05) is 67.6 Å². The standard InChI is InChI=1S/C16H22N2O4.C16H21NO3.C2H5.BrH.Mg/c1-17(21-2)15(19)14-8-10-18(11-9-14)16(20)22-12-13-6-4-3-5-7-13;1-2-15(18)14-8-10-17(11-9-14)16(19)20-12-13-6-4-3-5-7-13;1-2;;/h3-7,14H,8-12H2,1-2H3;3-7,14H,2,8-12H2,1H3;1H2,2H3;1H;/q;;-1;;+2/p-1. The number of nitrogens with zero attached hydrogens (tertiary/aromatic N) is 3. The van der Waals surface area contributed by atoms with Gasteiger partial charge in [-0.2, -0.15) is 6.92 Å². The fraction of sp³-hybridized carbons (Fsp3) is 0.500. The molecule has 250 valence electrons. The zero-order chi connectivity index (χ0) is 32.3. The van der Waals surface area contributed by atoms with Crippen LogP contribution in [0.3, 0.4) is 0 Å². The number of amides is 3. The minimum absolute atomic E-state index is 0. The molecule has 2 saturated heterocycles. The number of likely N-dealkylation sites (tertiary alicyclic amines) is 2. The number of ether oxygens (including phenoxy) is 2. The first-order valence-corrected chi connectivity index (χ1v) is 15.3. The van der Waals surface area contributed by atoms with Crippen LogP contribution in [0.5, 0.6) is 0 Å². The second kappa shape index (κ2) is 24.5. The first kappa shape index (κ1) is 43.3. The Morgan fingerprint density at radius 2 is 1.11 bits per heavy atom. The fourth-order valence-corrected chi connectivity index (χ4v) is 4.95. The zero-order valence-corrected chi connectivity index (χ0v) is 30.7. The van der Waals surface area contributed by atoms with Gasteiger partial charge in [0, 0.05) is 51.5 Å². The predicted octanol–water partition coefficient (Wildman–Crippen LogP) is 2.53. The zero-order valence-electron chi connectivity index (χ0n) is 27.7. The Morgan fingerprint density at radius 1 is 0.739 bits per heavy atom. The fourth-order valence-electron chi connectivity index (χ4n) is 4.95. The molecule has 2 aromatic rings. The molecule has 3 amide bonds. The van der Waals surface area contributed by atoms with Crippen molar-refractivity contribution in [2.45, 2.75) is 59.2 Å². The number of halogens is 1. The predicted molar refractivity (Wildman–Crippen MR) is 174 cm³/mol. The summed E-state index contributed by atoms with van der Waals surface area (Å²) in [5.74, 6) is 0.295. The molecule has 2 heterocycles. The van der Waals surface area contributed by atoms with Gasteiger partial charge in [-0.1, -0.05) is 67.6 Å². The van der Waals surface area contributed by atoms with Crippen LogP contribution in [0.2, 0.25) is 0 Å². The molecule has 0 aliphatic carbocycles. The van der Waals surface area contributed by atoms with E-state index in [1.165, 1.54) is 12.2 Å². The van der Waals surface area contributed by atoms with Crippen molar-refractivity contribution >= 4 is 46.9 Å². The van der Waals surface area contributed by atoms with Gasteiger partial charge in [0.05, 0.1) is 7.11 Å². The topological polar surface area (TPSA) is 106 Å². The van der Waals surface area contributed by atoms with Crippen molar-refractivity contribution in [2.75, 3.05) is 40.3 Å². The molecule has 12 heteroatoms. The van der Waals surface area contributed by atoms with Gasteiger partial charge in [0.2, 0.25) is 5.91 Å². The average molecular weight is 715 g/mol. The third-order valence-corrected chi connectivity index (χ3v) is 7.65. The number of ketones is 1. The number of hydrogen-bond donors (Lipinski definition) is 0. The summed E-state index contributed by atoms with van der Waals surface area (Å²) in [6, 6.07) is 19.2. The van der Waals surface area contributed by atoms with E-state index in [2.05, 4.69) is 6.92 Å². The van der Waals surface area contributed by atoms with Gasteiger partial charge in [-0.15, -0.1) is 0 Å². The number of carbonyl (C=O) groups excluding carboxylic acids is 4. The van der Waals surface area contributed by atoms with E-state index in [1.54, 1.807) is 23.8 Å². The second-order valence-electron chi connectivity index (χ2n) is 10.4. The summed E-state index contributed by atoms with van der Waals surface area (Å²) >= 11 is 0. The first-order valence-electron chi connectivity index (χ1n) is 15.3. The molecular formula is C34H48BrMgN3O7. The number of hydroxylamine groups is 2. The van der Waals surface area contributed by atoms with Gasteiger partial charge in [-0.3, -0.25) is 14.4 Å². The molecule has 2 aliphatic rings. The summed E-state index contributed by atoms with van der Waals surface area (Å²) in [5.41, 5.74) is 1.94. The molecule has 0 N–H and O–H groups in total. The maximum absolute atomic E-state index is 12.0. The van der Waals surface area contributed by atoms with Crippen LogP contribution >= 0.6 is 0 Å². The molecule has 0 saturated carbocycles. The molecule has 10 nitrogen and oxygen atoms in total. The molecule has 0 spiro atoms. The van der Waals surface area contributed by atoms with Crippen molar-refractivity contribution in [2.24, 2.45) is 11.8 Å². The molecule has 0 aromatic heterocycles. The smallest absolute Gasteiger partial charge is 1.00 e. The minimum atomic E-state index is -0.324. The minimum Gasteiger partial charge on any atom is -1.00 e. The first-order chi connectivity index (χ1) is 21.3. The molecule has 2 aliphatic heterocycles. The van der Waals surface area contributed by atoms with Crippen molar-refractivity contribution in [3.63, 3.8) is 0 Å². The molecule has 0 radical (unpaired) electrons. The third-order valence-electron chi connectivity index (χ3n) is 7.65. The quantitative estimate of drug-likeness (QED) is 0.235. The monoisotopic (exact) mass is 713 g/mol. The number of benzene rings is 2. The molecule has 0 atom stereocenters. The number of Topliss-reactive ketones (excluding diaryl/α,β-unsaturated/α-hetero) is 1. The van der Waals surface area contributed by atoms with Crippen molar-refractivity contribution in [1.29, 1.82) is 0 Å². The Labute approximate surface area is 301 Å². The van der Waals surface area contributed by atoms with Gasteiger partial charge in [-0.05, 0) is 36.8 Å². The number of hydrogen-bond acceptors (Lipinski definition) is 7. The normalized spacial score (nSPS) is 14.5. The summed E-state index contributed by atoms with van der Waals surface area (Å²) in [6.07, 6.45) is 2.76. The van der Waals surface area contributed by atoms with Crippen LogP contribution in [0, 0.1) is 18.8 Å². The Bertz CT molecular complexity index is 1140. The summed E-state index contributed by atoms with van der Waals surface area (Å²) in [5, 5.41) is 1.24. The molecule has 0 unspecified atom stereocenters. The van der Waals surface area contributed by atoms with Gasteiger partial charge in [-0.25, -0.2) is 14.7 Å². The molecule has 2 fully saturated rings. The summed E-state index contributed by atoms with van der Waals surface area (Å²) in [4.78, 5) is 55.8. The van der Waals surface area contributed by atoms with E-state index in [9.17, 15) is 19.2 Å². The van der Waals surface area contributed by atoms with Crippen LogP contribution in [0.1, 0.15) is 57.1 Å². The van der Waals surface area contributed by atoms with E-state index in [-0.39, 0.29) is 76.6 Å². The molecule has 4 rings (SSSR count). The number of rotatable bonds is 8. The molecule has 46 heavy (non-hydrogen) atoms. The van der Waals surface area contributed by atoms with E-state index in [0.29, 0.717) is 57.8 Å². The molecule has 0 bridgehead atoms. The summed E-state index contributed by atoms with van der Waals surface area (Å²) in [6.45, 7) is 9.75. The summed E-state index contributed by atoms with van der Waals surface area (Å²) < 4.78 is 10.6. The Hall–Kier alpha value is -2.67. The summed E-state index contributed by atoms with van der Waals surface area (Å²) in [7, 11) is 3.07.